The molecule has 170 valence electrons. The quantitative estimate of drug-likeness (QED) is 0.386. The van der Waals surface area contributed by atoms with Crippen molar-refractivity contribution in [3.05, 3.63) is 94.0 Å². The van der Waals surface area contributed by atoms with E-state index < -0.39 is 21.7 Å². The van der Waals surface area contributed by atoms with Gasteiger partial charge in [0.1, 0.15) is 10.6 Å². The fourth-order valence-electron chi connectivity index (χ4n) is 3.62. The molecule has 3 aromatic rings. The van der Waals surface area contributed by atoms with Crippen LogP contribution in [0.4, 0.5) is 11.4 Å². The van der Waals surface area contributed by atoms with E-state index in [4.69, 9.17) is 17.3 Å². The Hall–Kier alpha value is -3.49. The Morgan fingerprint density at radius 1 is 1.00 bits per heavy atom. The summed E-state index contributed by atoms with van der Waals surface area (Å²) in [5.41, 5.74) is 8.28. The molecule has 33 heavy (non-hydrogen) atoms. The highest BCUT2D eigenvalue weighted by Crippen LogP contribution is 2.32. The number of carbonyl (C=O) groups excluding carboxylic acids is 1. The minimum Gasteiger partial charge on any atom is -0.507 e. The van der Waals surface area contributed by atoms with Crippen molar-refractivity contribution in [2.45, 2.75) is 24.3 Å². The van der Waals surface area contributed by atoms with Gasteiger partial charge < -0.3 is 16.2 Å². The number of nitrogens with one attached hydrogen (secondary N) is 2. The predicted octanol–water partition coefficient (Wildman–Crippen LogP) is 4.21. The van der Waals surface area contributed by atoms with Gasteiger partial charge in [0.05, 0.1) is 11.3 Å². The van der Waals surface area contributed by atoms with Crippen LogP contribution in [0.15, 0.2) is 71.6 Å². The molecule has 0 spiro atoms. The molecule has 0 unspecified atom stereocenters. The van der Waals surface area contributed by atoms with Crippen molar-refractivity contribution in [1.29, 1.82) is 0 Å². The zero-order chi connectivity index (χ0) is 23.6. The third-order valence-electron chi connectivity index (χ3n) is 5.28. The molecule has 0 aromatic heterocycles. The molecular weight excluding hydrogens is 462 g/mol. The number of primary amides is 1. The minimum atomic E-state index is -4.15. The zero-order valence-electron chi connectivity index (χ0n) is 17.5. The van der Waals surface area contributed by atoms with E-state index >= 15 is 0 Å². The van der Waals surface area contributed by atoms with Crippen molar-refractivity contribution in [2.24, 2.45) is 5.73 Å². The summed E-state index contributed by atoms with van der Waals surface area (Å²) in [5, 5.41) is 13.8. The number of hydrogen-bond donors (Lipinski definition) is 4. The minimum absolute atomic E-state index is 0.136. The Labute approximate surface area is 196 Å². The standard InChI is InChI=1S/C24H22ClN3O4S/c25-20-9-8-18-11-17(20)7-2-1-4-15-5-3-6-16(10-15)14-27-21-13-22(29)19(24(26)30)12-23(21)33(31,32)28-18/h1-3,5-6,8-13,27-29H,4,7,14H2,(H2,26,30)/b2-1+. The Kier molecular flexibility index (Phi) is 6.31. The molecule has 0 aliphatic carbocycles. The zero-order valence-corrected chi connectivity index (χ0v) is 19.1. The molecule has 4 rings (SSSR count). The van der Waals surface area contributed by atoms with Gasteiger partial charge in [0.15, 0.2) is 0 Å². The number of allylic oxidation sites excluding steroid dienone is 2. The molecule has 1 amide bonds. The molecule has 9 heteroatoms. The summed E-state index contributed by atoms with van der Waals surface area (Å²) in [5.74, 6) is -1.35. The highest BCUT2D eigenvalue weighted by Gasteiger charge is 2.24. The Morgan fingerprint density at radius 3 is 2.55 bits per heavy atom. The second-order valence-electron chi connectivity index (χ2n) is 7.69. The Morgan fingerprint density at radius 2 is 1.76 bits per heavy atom. The Balaban J connectivity index is 1.86. The third-order valence-corrected chi connectivity index (χ3v) is 7.07. The summed E-state index contributed by atoms with van der Waals surface area (Å²) in [7, 11) is -4.15. The highest BCUT2D eigenvalue weighted by atomic mass is 35.5. The number of phenols is 1. The molecule has 1 aliphatic rings. The molecule has 0 saturated carbocycles. The van der Waals surface area contributed by atoms with Crippen LogP contribution in [0, 0.1) is 0 Å². The first-order valence-corrected chi connectivity index (χ1v) is 12.0. The Bertz CT molecular complexity index is 1370. The lowest BCUT2D eigenvalue weighted by molar-refractivity contribution is 0.0997. The summed E-state index contributed by atoms with van der Waals surface area (Å²) in [6.45, 7) is 0.306. The largest absolute Gasteiger partial charge is 0.507 e. The lowest BCUT2D eigenvalue weighted by Gasteiger charge is -2.17. The number of aromatic hydroxyl groups is 1. The van der Waals surface area contributed by atoms with Gasteiger partial charge in [-0.1, -0.05) is 48.0 Å². The fraction of sp³-hybridized carbons (Fsp3) is 0.125. The molecule has 0 saturated heterocycles. The number of rotatable bonds is 1. The number of hydrogen-bond acceptors (Lipinski definition) is 5. The summed E-state index contributed by atoms with van der Waals surface area (Å²) in [6.07, 6.45) is 5.31. The lowest BCUT2D eigenvalue weighted by Crippen LogP contribution is -2.18. The maximum atomic E-state index is 13.3. The highest BCUT2D eigenvalue weighted by molar-refractivity contribution is 7.92. The topological polar surface area (TPSA) is 122 Å². The number of halogens is 1. The number of anilines is 2. The second-order valence-corrected chi connectivity index (χ2v) is 9.75. The van der Waals surface area contributed by atoms with E-state index in [0.717, 1.165) is 29.2 Å². The van der Waals surface area contributed by atoms with E-state index in [0.29, 0.717) is 23.7 Å². The normalized spacial score (nSPS) is 16.0. The van der Waals surface area contributed by atoms with Crippen molar-refractivity contribution in [2.75, 3.05) is 10.0 Å². The van der Waals surface area contributed by atoms with Gasteiger partial charge in [-0.25, -0.2) is 8.42 Å². The first-order chi connectivity index (χ1) is 15.7. The van der Waals surface area contributed by atoms with Crippen LogP contribution < -0.4 is 15.8 Å². The van der Waals surface area contributed by atoms with Crippen LogP contribution in [0.1, 0.15) is 27.0 Å². The molecule has 3 aromatic carbocycles. The molecule has 4 bridgehead atoms. The maximum absolute atomic E-state index is 13.3. The molecular formula is C24H22ClN3O4S. The van der Waals surface area contributed by atoms with Gasteiger partial charge >= 0.3 is 0 Å². The summed E-state index contributed by atoms with van der Waals surface area (Å²) >= 11 is 6.31. The van der Waals surface area contributed by atoms with E-state index in [9.17, 15) is 18.3 Å². The maximum Gasteiger partial charge on any atom is 0.263 e. The fourth-order valence-corrected chi connectivity index (χ4v) is 5.06. The van der Waals surface area contributed by atoms with Gasteiger partial charge in [0, 0.05) is 23.3 Å². The van der Waals surface area contributed by atoms with Crippen LogP contribution in [0.2, 0.25) is 5.02 Å². The molecule has 1 heterocycles. The van der Waals surface area contributed by atoms with Gasteiger partial charge in [-0.05, 0) is 53.8 Å². The number of benzene rings is 3. The number of sulfonamides is 1. The molecule has 7 nitrogen and oxygen atoms in total. The smallest absolute Gasteiger partial charge is 0.263 e. The second kappa shape index (κ2) is 9.17. The average molecular weight is 484 g/mol. The molecule has 0 fully saturated rings. The molecule has 5 N–H and O–H groups in total. The molecule has 0 atom stereocenters. The van der Waals surface area contributed by atoms with E-state index in [1.165, 1.54) is 6.07 Å². The van der Waals surface area contributed by atoms with Gasteiger partial charge in [-0.2, -0.15) is 0 Å². The lowest BCUT2D eigenvalue weighted by atomic mass is 10.1. The van der Waals surface area contributed by atoms with Crippen LogP contribution in [0.3, 0.4) is 0 Å². The van der Waals surface area contributed by atoms with Crippen molar-refractivity contribution in [1.82, 2.24) is 0 Å². The van der Waals surface area contributed by atoms with Crippen molar-refractivity contribution in [3.63, 3.8) is 0 Å². The van der Waals surface area contributed by atoms with Gasteiger partial charge in [-0.15, -0.1) is 0 Å². The van der Waals surface area contributed by atoms with Crippen LogP contribution in [-0.2, 0) is 29.4 Å². The van der Waals surface area contributed by atoms with Gasteiger partial charge in [-0.3, -0.25) is 9.52 Å². The monoisotopic (exact) mass is 483 g/mol. The first kappa shape index (κ1) is 22.7. The van der Waals surface area contributed by atoms with E-state index in [1.54, 1.807) is 18.2 Å². The number of nitrogens with two attached hydrogens (primary N) is 1. The first-order valence-electron chi connectivity index (χ1n) is 10.2. The van der Waals surface area contributed by atoms with Crippen LogP contribution in [0.25, 0.3) is 0 Å². The van der Waals surface area contributed by atoms with Gasteiger partial charge in [0.25, 0.3) is 15.9 Å². The number of carbonyl (C=O) groups is 1. The van der Waals surface area contributed by atoms with Crippen LogP contribution >= 0.6 is 11.6 Å². The van der Waals surface area contributed by atoms with Crippen molar-refractivity contribution < 1.29 is 18.3 Å². The number of amides is 1. The molecule has 0 radical (unpaired) electrons. The van der Waals surface area contributed by atoms with Crippen LogP contribution in [0.5, 0.6) is 5.75 Å². The summed E-state index contributed by atoms with van der Waals surface area (Å²) < 4.78 is 29.1. The van der Waals surface area contributed by atoms with Crippen LogP contribution in [-0.4, -0.2) is 19.4 Å². The van der Waals surface area contributed by atoms with Crippen molar-refractivity contribution >= 4 is 38.9 Å². The van der Waals surface area contributed by atoms with E-state index in [2.05, 4.69) is 10.0 Å². The van der Waals surface area contributed by atoms with Gasteiger partial charge in [0.2, 0.25) is 0 Å². The number of fused-ring (bicyclic) bond motifs is 5. The predicted molar refractivity (Wildman–Crippen MR) is 129 cm³/mol. The SMILES string of the molecule is NC(=O)c1cc2c(cc1O)NCc1cccc(c1)C/C=C/Cc1cc(ccc1Cl)NS2(=O)=O. The third kappa shape index (κ3) is 5.13. The average Bonchev–Trinajstić information content (AvgIpc) is 2.76. The summed E-state index contributed by atoms with van der Waals surface area (Å²) in [6, 6.07) is 15.0. The molecule has 1 aliphatic heterocycles. The van der Waals surface area contributed by atoms with E-state index in [1.807, 2.05) is 36.4 Å². The van der Waals surface area contributed by atoms with Crippen molar-refractivity contribution in [3.8, 4) is 5.75 Å². The van der Waals surface area contributed by atoms with E-state index in [-0.39, 0.29) is 16.1 Å². The summed E-state index contributed by atoms with van der Waals surface area (Å²) in [4.78, 5) is 11.5.